The molecule has 0 radical (unpaired) electrons. The Kier molecular flexibility index (Phi) is 5.48. The van der Waals surface area contributed by atoms with Gasteiger partial charge in [-0.05, 0) is 31.5 Å². The maximum absolute atomic E-state index is 12.7. The maximum Gasteiger partial charge on any atom is 0.295 e. The van der Waals surface area contributed by atoms with Crippen LogP contribution in [0.25, 0.3) is 5.76 Å². The summed E-state index contributed by atoms with van der Waals surface area (Å²) < 4.78 is 0.859. The SMILES string of the molecule is Cc1ccc(C(O)=C2C(=O)C(=O)N(CC(C)O)C2c2ccc(Br)cc2)cc1. The fourth-order valence-corrected chi connectivity index (χ4v) is 3.48. The predicted molar refractivity (Wildman–Crippen MR) is 106 cm³/mol. The van der Waals surface area contributed by atoms with E-state index in [0.29, 0.717) is 11.1 Å². The molecule has 0 aliphatic carbocycles. The number of benzene rings is 2. The van der Waals surface area contributed by atoms with Crippen LogP contribution in [0.3, 0.4) is 0 Å². The monoisotopic (exact) mass is 429 g/mol. The molecule has 2 aromatic carbocycles. The molecule has 0 aromatic heterocycles. The van der Waals surface area contributed by atoms with Crippen molar-refractivity contribution in [3.8, 4) is 0 Å². The van der Waals surface area contributed by atoms with E-state index in [9.17, 15) is 19.8 Å². The summed E-state index contributed by atoms with van der Waals surface area (Å²) in [5.74, 6) is -1.69. The van der Waals surface area contributed by atoms with Gasteiger partial charge in [0.1, 0.15) is 5.76 Å². The number of ketones is 1. The third kappa shape index (κ3) is 3.82. The second-order valence-corrected chi connectivity index (χ2v) is 7.63. The number of rotatable bonds is 4. The minimum atomic E-state index is -0.805. The van der Waals surface area contributed by atoms with Crippen LogP contribution in [0.1, 0.15) is 29.7 Å². The summed E-state index contributed by atoms with van der Waals surface area (Å²) in [6.07, 6.45) is -0.805. The standard InChI is InChI=1S/C21H20BrNO4/c1-12-3-5-15(6-4-12)19(25)17-18(14-7-9-16(22)10-8-14)23(11-13(2)24)21(27)20(17)26/h3-10,13,18,24-25H,11H2,1-2H3. The first-order valence-electron chi connectivity index (χ1n) is 8.58. The quantitative estimate of drug-likeness (QED) is 0.442. The van der Waals surface area contributed by atoms with Gasteiger partial charge in [0.15, 0.2) is 0 Å². The van der Waals surface area contributed by atoms with E-state index in [0.717, 1.165) is 10.0 Å². The van der Waals surface area contributed by atoms with Gasteiger partial charge in [0, 0.05) is 16.6 Å². The van der Waals surface area contributed by atoms with Crippen LogP contribution in [0.15, 0.2) is 58.6 Å². The zero-order chi connectivity index (χ0) is 19.7. The second-order valence-electron chi connectivity index (χ2n) is 6.72. The molecule has 1 amide bonds. The number of nitrogens with zero attached hydrogens (tertiary/aromatic N) is 1. The third-order valence-corrected chi connectivity index (χ3v) is 5.04. The highest BCUT2D eigenvalue weighted by atomic mass is 79.9. The van der Waals surface area contributed by atoms with Crippen molar-refractivity contribution in [2.45, 2.75) is 26.0 Å². The number of Topliss-reactive ketones (excluding diaryl/α,β-unsaturated/α-hetero) is 1. The van der Waals surface area contributed by atoms with Crippen LogP contribution in [0, 0.1) is 6.92 Å². The molecule has 140 valence electrons. The molecule has 2 N–H and O–H groups in total. The van der Waals surface area contributed by atoms with Crippen LogP contribution in [0.2, 0.25) is 0 Å². The molecule has 1 fully saturated rings. The molecule has 1 heterocycles. The van der Waals surface area contributed by atoms with Crippen LogP contribution < -0.4 is 0 Å². The fraction of sp³-hybridized carbons (Fsp3) is 0.238. The molecule has 6 heteroatoms. The lowest BCUT2D eigenvalue weighted by molar-refractivity contribution is -0.140. The van der Waals surface area contributed by atoms with Crippen LogP contribution in [0.4, 0.5) is 0 Å². The highest BCUT2D eigenvalue weighted by molar-refractivity contribution is 9.10. The number of carbonyl (C=O) groups excluding carboxylic acids is 2. The van der Waals surface area contributed by atoms with Crippen LogP contribution >= 0.6 is 15.9 Å². The average molecular weight is 430 g/mol. The number of aryl methyl sites for hydroxylation is 1. The molecule has 2 atom stereocenters. The van der Waals surface area contributed by atoms with E-state index in [-0.39, 0.29) is 17.9 Å². The number of hydrogen-bond donors (Lipinski definition) is 2. The van der Waals surface area contributed by atoms with E-state index in [4.69, 9.17) is 0 Å². The molecule has 1 saturated heterocycles. The normalized spacial score (nSPS) is 20.1. The van der Waals surface area contributed by atoms with Crippen LogP contribution in [-0.4, -0.2) is 39.5 Å². The van der Waals surface area contributed by atoms with Crippen molar-refractivity contribution < 1.29 is 19.8 Å². The number of carbonyl (C=O) groups is 2. The molecule has 5 nitrogen and oxygen atoms in total. The van der Waals surface area contributed by atoms with E-state index in [2.05, 4.69) is 15.9 Å². The minimum absolute atomic E-state index is 0.00399. The molecule has 2 aromatic rings. The first-order chi connectivity index (χ1) is 12.8. The van der Waals surface area contributed by atoms with E-state index in [1.165, 1.54) is 4.90 Å². The number of likely N-dealkylation sites (tertiary alicyclic amines) is 1. The Morgan fingerprint density at radius 2 is 1.70 bits per heavy atom. The van der Waals surface area contributed by atoms with Crippen LogP contribution in [0.5, 0.6) is 0 Å². The highest BCUT2D eigenvalue weighted by Gasteiger charge is 2.46. The summed E-state index contributed by atoms with van der Waals surface area (Å²) in [4.78, 5) is 26.6. The number of aliphatic hydroxyl groups excluding tert-OH is 2. The first-order valence-corrected chi connectivity index (χ1v) is 9.38. The summed E-state index contributed by atoms with van der Waals surface area (Å²) in [6.45, 7) is 3.47. The largest absolute Gasteiger partial charge is 0.507 e. The Balaban J connectivity index is 2.17. The van der Waals surface area contributed by atoms with Gasteiger partial charge in [-0.3, -0.25) is 9.59 Å². The van der Waals surface area contributed by atoms with Gasteiger partial charge >= 0.3 is 0 Å². The van der Waals surface area contributed by atoms with Gasteiger partial charge in [-0.1, -0.05) is 57.9 Å². The molecule has 2 unspecified atom stereocenters. The number of hydrogen-bond acceptors (Lipinski definition) is 4. The molecule has 3 rings (SSSR count). The van der Waals surface area contributed by atoms with Gasteiger partial charge in [-0.25, -0.2) is 0 Å². The van der Waals surface area contributed by atoms with Crippen molar-refractivity contribution in [3.63, 3.8) is 0 Å². The van der Waals surface area contributed by atoms with Crippen molar-refractivity contribution in [2.75, 3.05) is 6.54 Å². The van der Waals surface area contributed by atoms with Crippen molar-refractivity contribution in [1.82, 2.24) is 4.90 Å². The van der Waals surface area contributed by atoms with Crippen molar-refractivity contribution in [3.05, 3.63) is 75.3 Å². The topological polar surface area (TPSA) is 77.8 Å². The Hall–Kier alpha value is -2.44. The molecule has 0 bridgehead atoms. The molecular weight excluding hydrogens is 410 g/mol. The van der Waals surface area contributed by atoms with E-state index >= 15 is 0 Å². The maximum atomic E-state index is 12.7. The molecule has 0 spiro atoms. The van der Waals surface area contributed by atoms with Gasteiger partial charge in [0.2, 0.25) is 0 Å². The van der Waals surface area contributed by atoms with Gasteiger partial charge in [-0.15, -0.1) is 0 Å². The predicted octanol–water partition coefficient (Wildman–Crippen LogP) is 3.56. The van der Waals surface area contributed by atoms with Gasteiger partial charge < -0.3 is 15.1 Å². The average Bonchev–Trinajstić information content (AvgIpc) is 2.87. The Morgan fingerprint density at radius 1 is 1.11 bits per heavy atom. The summed E-state index contributed by atoms with van der Waals surface area (Å²) in [6, 6.07) is 13.5. The smallest absolute Gasteiger partial charge is 0.295 e. The van der Waals surface area contributed by atoms with Crippen LogP contribution in [-0.2, 0) is 9.59 Å². The Bertz CT molecular complexity index is 901. The molecule has 1 aliphatic rings. The number of β-amino-alcohol motifs (C(OH)–C–C–N with tert-alkyl or cyclic N) is 1. The van der Waals surface area contributed by atoms with Crippen molar-refractivity contribution in [2.24, 2.45) is 0 Å². The molecular formula is C21H20BrNO4. The minimum Gasteiger partial charge on any atom is -0.507 e. The molecule has 27 heavy (non-hydrogen) atoms. The van der Waals surface area contributed by atoms with E-state index < -0.39 is 23.8 Å². The number of amides is 1. The lowest BCUT2D eigenvalue weighted by Gasteiger charge is -2.26. The Morgan fingerprint density at radius 3 is 2.26 bits per heavy atom. The van der Waals surface area contributed by atoms with E-state index in [1.807, 2.05) is 31.2 Å². The fourth-order valence-electron chi connectivity index (χ4n) is 3.21. The summed E-state index contributed by atoms with van der Waals surface area (Å²) in [7, 11) is 0. The third-order valence-electron chi connectivity index (χ3n) is 4.51. The zero-order valence-electron chi connectivity index (χ0n) is 15.0. The summed E-state index contributed by atoms with van der Waals surface area (Å²) in [5, 5.41) is 20.7. The summed E-state index contributed by atoms with van der Waals surface area (Å²) in [5.41, 5.74) is 2.21. The second kappa shape index (κ2) is 7.66. The van der Waals surface area contributed by atoms with Gasteiger partial charge in [0.05, 0.1) is 17.7 Å². The number of halogens is 1. The Labute approximate surface area is 166 Å². The lowest BCUT2D eigenvalue weighted by atomic mass is 9.95. The number of aliphatic hydroxyl groups is 2. The highest BCUT2D eigenvalue weighted by Crippen LogP contribution is 2.39. The summed E-state index contributed by atoms with van der Waals surface area (Å²) >= 11 is 3.37. The van der Waals surface area contributed by atoms with Crippen molar-refractivity contribution >= 4 is 33.4 Å². The van der Waals surface area contributed by atoms with Gasteiger partial charge in [-0.2, -0.15) is 0 Å². The first kappa shape index (κ1) is 19.3. The lowest BCUT2D eigenvalue weighted by Crippen LogP contribution is -2.35. The van der Waals surface area contributed by atoms with Crippen molar-refractivity contribution in [1.29, 1.82) is 0 Å². The molecule has 1 aliphatic heterocycles. The molecule has 0 saturated carbocycles. The van der Waals surface area contributed by atoms with E-state index in [1.54, 1.807) is 31.2 Å². The zero-order valence-corrected chi connectivity index (χ0v) is 16.6. The van der Waals surface area contributed by atoms with Gasteiger partial charge in [0.25, 0.3) is 11.7 Å².